The van der Waals surface area contributed by atoms with Gasteiger partial charge in [-0.1, -0.05) is 40.2 Å². The fourth-order valence-electron chi connectivity index (χ4n) is 0.870. The largest absolute Gasteiger partial charge is 0.0871 e. The molecule has 1 heteroatoms. The quantitative estimate of drug-likeness (QED) is 0.404. The topological polar surface area (TPSA) is 0 Å². The number of hydrogen-bond donors (Lipinski definition) is 0. The van der Waals surface area contributed by atoms with Crippen molar-refractivity contribution in [2.24, 2.45) is 0 Å². The fraction of sp³-hybridized carbons (Fsp3) is 0.500. The summed E-state index contributed by atoms with van der Waals surface area (Å²) >= 11 is 3.50. The van der Waals surface area contributed by atoms with Crippen LogP contribution in [-0.2, 0) is 0 Å². The summed E-state index contributed by atoms with van der Waals surface area (Å²) in [4.78, 5) is 0.470. The highest BCUT2D eigenvalue weighted by Crippen LogP contribution is 2.10. The average molecular weight is 187 g/mol. The average Bonchev–Trinajstić information content (AvgIpc) is 1.79. The molecule has 0 nitrogen and oxygen atoms in total. The summed E-state index contributed by atoms with van der Waals surface area (Å²) in [5.74, 6) is 0. The first-order valence-corrected chi connectivity index (χ1v) is 4.28. The van der Waals surface area contributed by atoms with Crippen LogP contribution >= 0.6 is 15.9 Å². The molecule has 50 valence electrons. The summed E-state index contributed by atoms with van der Waals surface area (Å²) < 4.78 is 0. The van der Waals surface area contributed by atoms with Crippen LogP contribution in [0.3, 0.4) is 0 Å². The zero-order valence-corrected chi connectivity index (χ0v) is 6.97. The lowest BCUT2D eigenvalue weighted by Crippen LogP contribution is -1.87. The minimum Gasteiger partial charge on any atom is -0.0871 e. The highest BCUT2D eigenvalue weighted by Gasteiger charge is 1.93. The Bertz CT molecular complexity index is 111. The normalized spacial score (nSPS) is 28.6. The predicted molar refractivity (Wildman–Crippen MR) is 44.8 cm³/mol. The van der Waals surface area contributed by atoms with Crippen LogP contribution in [0.1, 0.15) is 19.3 Å². The van der Waals surface area contributed by atoms with Crippen molar-refractivity contribution in [1.29, 1.82) is 0 Å². The Kier molecular flexibility index (Phi) is 3.05. The Labute approximate surface area is 64.8 Å². The van der Waals surface area contributed by atoms with Gasteiger partial charge in [0, 0.05) is 0 Å². The zero-order chi connectivity index (χ0) is 6.53. The minimum absolute atomic E-state index is 0.470. The molecule has 0 saturated carbocycles. The van der Waals surface area contributed by atoms with Gasteiger partial charge in [-0.15, -0.1) is 0 Å². The number of hydrogen-bond acceptors (Lipinski definition) is 0. The van der Waals surface area contributed by atoms with Crippen molar-refractivity contribution in [1.82, 2.24) is 0 Å². The third-order valence-corrected chi connectivity index (χ3v) is 1.99. The van der Waals surface area contributed by atoms with E-state index >= 15 is 0 Å². The SMILES string of the molecule is BrC1/C=C\CCC/C=C\1. The third kappa shape index (κ3) is 2.85. The first kappa shape index (κ1) is 7.07. The first-order chi connectivity index (χ1) is 4.39. The molecule has 0 aromatic heterocycles. The van der Waals surface area contributed by atoms with Crippen LogP contribution in [0.15, 0.2) is 24.3 Å². The van der Waals surface area contributed by atoms with Gasteiger partial charge in [-0.3, -0.25) is 0 Å². The molecule has 0 aliphatic heterocycles. The van der Waals surface area contributed by atoms with E-state index in [1.807, 2.05) is 0 Å². The summed E-state index contributed by atoms with van der Waals surface area (Å²) in [6, 6.07) is 0. The predicted octanol–water partition coefficient (Wildman–Crippen LogP) is 3.05. The zero-order valence-electron chi connectivity index (χ0n) is 5.39. The lowest BCUT2D eigenvalue weighted by molar-refractivity contribution is 0.858. The van der Waals surface area contributed by atoms with Gasteiger partial charge in [0.25, 0.3) is 0 Å². The van der Waals surface area contributed by atoms with E-state index in [4.69, 9.17) is 0 Å². The molecule has 1 rings (SSSR count). The van der Waals surface area contributed by atoms with Gasteiger partial charge in [-0.05, 0) is 19.3 Å². The van der Waals surface area contributed by atoms with Gasteiger partial charge in [0.15, 0.2) is 0 Å². The maximum atomic E-state index is 3.50. The van der Waals surface area contributed by atoms with Crippen molar-refractivity contribution >= 4 is 15.9 Å². The van der Waals surface area contributed by atoms with Crippen LogP contribution < -0.4 is 0 Å². The molecule has 0 spiro atoms. The van der Waals surface area contributed by atoms with Crippen LogP contribution in [-0.4, -0.2) is 4.83 Å². The molecule has 0 atom stereocenters. The Morgan fingerprint density at radius 2 is 1.67 bits per heavy atom. The van der Waals surface area contributed by atoms with Crippen molar-refractivity contribution in [3.63, 3.8) is 0 Å². The van der Waals surface area contributed by atoms with E-state index in [9.17, 15) is 0 Å². The van der Waals surface area contributed by atoms with E-state index < -0.39 is 0 Å². The summed E-state index contributed by atoms with van der Waals surface area (Å²) in [5.41, 5.74) is 0. The number of alkyl halides is 1. The lowest BCUT2D eigenvalue weighted by Gasteiger charge is -1.99. The molecule has 0 radical (unpaired) electrons. The van der Waals surface area contributed by atoms with Crippen LogP contribution in [0.2, 0.25) is 0 Å². The molecule has 0 fully saturated rings. The summed E-state index contributed by atoms with van der Waals surface area (Å²) in [7, 11) is 0. The Morgan fingerprint density at radius 3 is 2.22 bits per heavy atom. The molecule has 0 N–H and O–H groups in total. The molecule has 1 aliphatic rings. The number of rotatable bonds is 0. The molecular weight excluding hydrogens is 176 g/mol. The van der Waals surface area contributed by atoms with E-state index in [-0.39, 0.29) is 0 Å². The van der Waals surface area contributed by atoms with Gasteiger partial charge in [-0.2, -0.15) is 0 Å². The number of allylic oxidation sites excluding steroid dienone is 4. The van der Waals surface area contributed by atoms with Crippen molar-refractivity contribution in [2.75, 3.05) is 0 Å². The Hall–Kier alpha value is -0.0400. The Balaban J connectivity index is 2.44. The van der Waals surface area contributed by atoms with Crippen LogP contribution in [0, 0.1) is 0 Å². The van der Waals surface area contributed by atoms with E-state index in [0.717, 1.165) is 0 Å². The Morgan fingerprint density at radius 1 is 1.11 bits per heavy atom. The van der Waals surface area contributed by atoms with Crippen LogP contribution in [0.5, 0.6) is 0 Å². The van der Waals surface area contributed by atoms with Crippen molar-refractivity contribution < 1.29 is 0 Å². The molecule has 0 amide bonds. The van der Waals surface area contributed by atoms with E-state index in [1.165, 1.54) is 19.3 Å². The maximum Gasteiger partial charge on any atom is 0.0505 e. The van der Waals surface area contributed by atoms with Gasteiger partial charge in [0.2, 0.25) is 0 Å². The molecule has 0 unspecified atom stereocenters. The lowest BCUT2D eigenvalue weighted by atomic mass is 10.1. The van der Waals surface area contributed by atoms with Crippen LogP contribution in [0.4, 0.5) is 0 Å². The first-order valence-electron chi connectivity index (χ1n) is 3.37. The standard InChI is InChI=1S/C8H11Br/c9-8-6-4-2-1-3-5-7-8/h4-8H,1-3H2/b6-4-,7-5-. The van der Waals surface area contributed by atoms with E-state index in [1.54, 1.807) is 0 Å². The molecule has 0 aromatic rings. The third-order valence-electron chi connectivity index (χ3n) is 1.38. The molecule has 0 saturated heterocycles. The van der Waals surface area contributed by atoms with E-state index in [2.05, 4.69) is 40.2 Å². The molecular formula is C8H11Br. The smallest absolute Gasteiger partial charge is 0.0505 e. The maximum absolute atomic E-state index is 3.50. The van der Waals surface area contributed by atoms with Crippen molar-refractivity contribution in [3.8, 4) is 0 Å². The van der Waals surface area contributed by atoms with Gasteiger partial charge in [-0.25, -0.2) is 0 Å². The second-order valence-electron chi connectivity index (χ2n) is 2.23. The summed E-state index contributed by atoms with van der Waals surface area (Å²) in [5, 5.41) is 0. The summed E-state index contributed by atoms with van der Waals surface area (Å²) in [6.45, 7) is 0. The monoisotopic (exact) mass is 186 g/mol. The fourth-order valence-corrected chi connectivity index (χ4v) is 1.30. The second kappa shape index (κ2) is 3.89. The molecule has 0 aromatic carbocycles. The molecule has 0 heterocycles. The minimum atomic E-state index is 0.470. The van der Waals surface area contributed by atoms with Gasteiger partial charge >= 0.3 is 0 Å². The second-order valence-corrected chi connectivity index (χ2v) is 3.29. The molecule has 0 bridgehead atoms. The molecule has 1 aliphatic carbocycles. The highest BCUT2D eigenvalue weighted by atomic mass is 79.9. The highest BCUT2D eigenvalue weighted by molar-refractivity contribution is 9.09. The number of halogens is 1. The van der Waals surface area contributed by atoms with E-state index in [0.29, 0.717) is 4.83 Å². The van der Waals surface area contributed by atoms with Crippen LogP contribution in [0.25, 0.3) is 0 Å². The van der Waals surface area contributed by atoms with Crippen molar-refractivity contribution in [2.45, 2.75) is 24.1 Å². The molecule has 9 heavy (non-hydrogen) atoms. The van der Waals surface area contributed by atoms with Gasteiger partial charge < -0.3 is 0 Å². The van der Waals surface area contributed by atoms with Gasteiger partial charge in [0.1, 0.15) is 0 Å². The van der Waals surface area contributed by atoms with Crippen molar-refractivity contribution in [3.05, 3.63) is 24.3 Å². The van der Waals surface area contributed by atoms with Gasteiger partial charge in [0.05, 0.1) is 4.83 Å². The summed E-state index contributed by atoms with van der Waals surface area (Å²) in [6.07, 6.45) is 12.6.